The molecule has 0 spiro atoms. The summed E-state index contributed by atoms with van der Waals surface area (Å²) in [4.78, 5) is 11.4. The van der Waals surface area contributed by atoms with Gasteiger partial charge in [-0.3, -0.25) is 0 Å². The molecule has 1 aliphatic rings. The van der Waals surface area contributed by atoms with Crippen LogP contribution in [0.15, 0.2) is 30.3 Å². The Morgan fingerprint density at radius 1 is 1.17 bits per heavy atom. The summed E-state index contributed by atoms with van der Waals surface area (Å²) in [7, 11) is 0. The zero-order valence-corrected chi connectivity index (χ0v) is 10.5. The number of aliphatic hydroxyl groups is 1. The minimum Gasteiger partial charge on any atom is -0.479 e. The zero-order valence-electron chi connectivity index (χ0n) is 10.5. The van der Waals surface area contributed by atoms with Crippen LogP contribution in [0.4, 0.5) is 0 Å². The summed E-state index contributed by atoms with van der Waals surface area (Å²) in [5.41, 5.74) is -1.24. The van der Waals surface area contributed by atoms with E-state index in [2.05, 4.69) is 0 Å². The van der Waals surface area contributed by atoms with Crippen molar-refractivity contribution in [2.75, 3.05) is 0 Å². The van der Waals surface area contributed by atoms with Gasteiger partial charge in [-0.2, -0.15) is 0 Å². The van der Waals surface area contributed by atoms with Crippen LogP contribution in [0, 0.1) is 5.92 Å². The van der Waals surface area contributed by atoms with Gasteiger partial charge in [0.25, 0.3) is 0 Å². The molecule has 0 aliphatic heterocycles. The van der Waals surface area contributed by atoms with Gasteiger partial charge < -0.3 is 10.2 Å². The van der Waals surface area contributed by atoms with Crippen LogP contribution in [0.1, 0.15) is 44.1 Å². The second kappa shape index (κ2) is 5.53. The van der Waals surface area contributed by atoms with Crippen molar-refractivity contribution in [2.24, 2.45) is 5.92 Å². The number of carboxylic acid groups (broad SMARTS) is 1. The number of carbonyl (C=O) groups is 1. The standard InChI is InChI=1S/C15H20O3/c16-14(17)15(18,13-9-5-2-6-10-13)11-12-7-3-1-4-8-12/h2,5-6,9-10,12,18H,1,3-4,7-8,11H2,(H,16,17). The van der Waals surface area contributed by atoms with E-state index in [1.54, 1.807) is 24.3 Å². The van der Waals surface area contributed by atoms with Crippen molar-refractivity contribution in [1.29, 1.82) is 0 Å². The van der Waals surface area contributed by atoms with Gasteiger partial charge in [0.05, 0.1) is 0 Å². The molecule has 98 valence electrons. The Kier molecular flexibility index (Phi) is 4.02. The van der Waals surface area contributed by atoms with E-state index in [4.69, 9.17) is 0 Å². The summed E-state index contributed by atoms with van der Waals surface area (Å²) < 4.78 is 0. The zero-order chi connectivity index (χ0) is 13.0. The second-order valence-corrected chi connectivity index (χ2v) is 5.24. The van der Waals surface area contributed by atoms with Gasteiger partial charge in [0, 0.05) is 0 Å². The van der Waals surface area contributed by atoms with E-state index in [9.17, 15) is 15.0 Å². The molecule has 0 amide bonds. The van der Waals surface area contributed by atoms with Crippen LogP contribution in [0.25, 0.3) is 0 Å². The van der Waals surface area contributed by atoms with Crippen LogP contribution in [-0.4, -0.2) is 16.2 Å². The van der Waals surface area contributed by atoms with Crippen molar-refractivity contribution in [2.45, 2.75) is 44.1 Å². The van der Waals surface area contributed by atoms with Crippen molar-refractivity contribution in [3.8, 4) is 0 Å². The molecule has 2 N–H and O–H groups in total. The van der Waals surface area contributed by atoms with Crippen LogP contribution in [-0.2, 0) is 10.4 Å². The van der Waals surface area contributed by atoms with Crippen molar-refractivity contribution >= 4 is 5.97 Å². The molecule has 1 unspecified atom stereocenters. The molecule has 1 aromatic carbocycles. The van der Waals surface area contributed by atoms with Crippen LogP contribution in [0.3, 0.4) is 0 Å². The molecule has 0 radical (unpaired) electrons. The lowest BCUT2D eigenvalue weighted by molar-refractivity contribution is -0.162. The lowest BCUT2D eigenvalue weighted by Crippen LogP contribution is -2.38. The van der Waals surface area contributed by atoms with Gasteiger partial charge >= 0.3 is 5.97 Å². The molecule has 0 saturated heterocycles. The van der Waals surface area contributed by atoms with Gasteiger partial charge in [-0.1, -0.05) is 62.4 Å². The van der Waals surface area contributed by atoms with Gasteiger partial charge in [0.15, 0.2) is 5.60 Å². The first kappa shape index (κ1) is 13.1. The maximum Gasteiger partial charge on any atom is 0.340 e. The summed E-state index contributed by atoms with van der Waals surface area (Å²) >= 11 is 0. The Morgan fingerprint density at radius 2 is 1.78 bits per heavy atom. The Balaban J connectivity index is 2.19. The quantitative estimate of drug-likeness (QED) is 0.861. The van der Waals surface area contributed by atoms with E-state index >= 15 is 0 Å². The molecule has 1 atom stereocenters. The van der Waals surface area contributed by atoms with Crippen molar-refractivity contribution in [3.05, 3.63) is 35.9 Å². The molecular formula is C15H20O3. The van der Waals surface area contributed by atoms with Crippen LogP contribution in [0.5, 0.6) is 0 Å². The lowest BCUT2D eigenvalue weighted by atomic mass is 9.78. The van der Waals surface area contributed by atoms with Crippen molar-refractivity contribution < 1.29 is 15.0 Å². The number of hydrogen-bond acceptors (Lipinski definition) is 2. The minimum absolute atomic E-state index is 0.319. The Hall–Kier alpha value is -1.35. The first-order valence-corrected chi connectivity index (χ1v) is 6.64. The van der Waals surface area contributed by atoms with Gasteiger partial charge in [-0.25, -0.2) is 4.79 Å². The highest BCUT2D eigenvalue weighted by Crippen LogP contribution is 2.35. The van der Waals surface area contributed by atoms with Crippen molar-refractivity contribution in [1.82, 2.24) is 0 Å². The fourth-order valence-corrected chi connectivity index (χ4v) is 2.85. The molecule has 1 aliphatic carbocycles. The minimum atomic E-state index is -1.73. The predicted molar refractivity (Wildman–Crippen MR) is 69.2 cm³/mol. The summed E-state index contributed by atoms with van der Waals surface area (Å²) in [6.07, 6.45) is 5.91. The van der Waals surface area contributed by atoms with E-state index < -0.39 is 11.6 Å². The van der Waals surface area contributed by atoms with Crippen molar-refractivity contribution in [3.63, 3.8) is 0 Å². The van der Waals surface area contributed by atoms with Gasteiger partial charge in [-0.05, 0) is 17.9 Å². The summed E-state index contributed by atoms with van der Waals surface area (Å²) in [6.45, 7) is 0. The van der Waals surface area contributed by atoms with E-state index in [1.807, 2.05) is 6.07 Å². The third-order valence-corrected chi connectivity index (χ3v) is 3.91. The van der Waals surface area contributed by atoms with E-state index in [1.165, 1.54) is 6.42 Å². The highest BCUT2D eigenvalue weighted by atomic mass is 16.4. The topological polar surface area (TPSA) is 57.5 Å². The lowest BCUT2D eigenvalue weighted by Gasteiger charge is -2.30. The molecule has 0 heterocycles. The number of rotatable bonds is 4. The molecule has 1 aromatic rings. The molecule has 2 rings (SSSR count). The molecule has 0 aromatic heterocycles. The Labute approximate surface area is 107 Å². The first-order valence-electron chi connectivity index (χ1n) is 6.64. The van der Waals surface area contributed by atoms with E-state index in [0.717, 1.165) is 25.7 Å². The van der Waals surface area contributed by atoms with Gasteiger partial charge in [-0.15, -0.1) is 0 Å². The SMILES string of the molecule is O=C(O)C(O)(CC1CCCCC1)c1ccccc1. The molecule has 18 heavy (non-hydrogen) atoms. The predicted octanol–water partition coefficient (Wildman–Crippen LogP) is 2.93. The molecular weight excluding hydrogens is 228 g/mol. The van der Waals surface area contributed by atoms with E-state index in [0.29, 0.717) is 17.9 Å². The van der Waals surface area contributed by atoms with Gasteiger partial charge in [0.1, 0.15) is 0 Å². The summed E-state index contributed by atoms with van der Waals surface area (Å²) in [6, 6.07) is 8.74. The maximum absolute atomic E-state index is 11.4. The molecule has 1 saturated carbocycles. The van der Waals surface area contributed by atoms with Crippen LogP contribution < -0.4 is 0 Å². The maximum atomic E-state index is 11.4. The third kappa shape index (κ3) is 2.72. The normalized spacial score (nSPS) is 20.3. The molecule has 3 nitrogen and oxygen atoms in total. The fraction of sp³-hybridized carbons (Fsp3) is 0.533. The average Bonchev–Trinajstić information content (AvgIpc) is 2.40. The fourth-order valence-electron chi connectivity index (χ4n) is 2.85. The van der Waals surface area contributed by atoms with Gasteiger partial charge in [0.2, 0.25) is 0 Å². The highest BCUT2D eigenvalue weighted by molar-refractivity contribution is 5.79. The molecule has 0 bridgehead atoms. The summed E-state index contributed by atoms with van der Waals surface area (Å²) in [5, 5.41) is 19.9. The number of benzene rings is 1. The Bertz CT molecular complexity index is 395. The largest absolute Gasteiger partial charge is 0.479 e. The Morgan fingerprint density at radius 3 is 2.33 bits per heavy atom. The average molecular weight is 248 g/mol. The van der Waals surface area contributed by atoms with Crippen LogP contribution in [0.2, 0.25) is 0 Å². The number of carboxylic acids is 1. The molecule has 3 heteroatoms. The first-order chi connectivity index (χ1) is 8.63. The van der Waals surface area contributed by atoms with E-state index in [-0.39, 0.29) is 0 Å². The summed E-state index contributed by atoms with van der Waals surface area (Å²) in [5.74, 6) is -0.820. The monoisotopic (exact) mass is 248 g/mol. The number of hydrogen-bond donors (Lipinski definition) is 2. The smallest absolute Gasteiger partial charge is 0.340 e. The number of aliphatic carboxylic acids is 1. The van der Waals surface area contributed by atoms with Crippen LogP contribution >= 0.6 is 0 Å². The molecule has 1 fully saturated rings. The third-order valence-electron chi connectivity index (χ3n) is 3.91. The highest BCUT2D eigenvalue weighted by Gasteiger charge is 2.40. The second-order valence-electron chi connectivity index (χ2n) is 5.24.